The molecule has 3 N–H and O–H groups in total. The fraction of sp³-hybridized carbons (Fsp3) is 0.312. The fourth-order valence-corrected chi connectivity index (χ4v) is 1.74. The second kappa shape index (κ2) is 8.47. The smallest absolute Gasteiger partial charge is 0.328 e. The molecular weight excluding hydrogens is 284 g/mol. The highest BCUT2D eigenvalue weighted by molar-refractivity contribution is 5.97. The minimum Gasteiger partial charge on any atom is -0.464 e. The first-order valence-corrected chi connectivity index (χ1v) is 6.80. The van der Waals surface area contributed by atoms with Crippen LogP contribution in [0.15, 0.2) is 24.3 Å². The maximum absolute atomic E-state index is 12.1. The van der Waals surface area contributed by atoms with Gasteiger partial charge in [0.15, 0.2) is 0 Å². The summed E-state index contributed by atoms with van der Waals surface area (Å²) in [6, 6.07) is 5.43. The van der Waals surface area contributed by atoms with Gasteiger partial charge < -0.3 is 15.8 Å². The van der Waals surface area contributed by atoms with Crippen molar-refractivity contribution in [3.63, 3.8) is 0 Å². The van der Waals surface area contributed by atoms with Crippen molar-refractivity contribution in [3.05, 3.63) is 35.4 Å². The highest BCUT2D eigenvalue weighted by Gasteiger charge is 2.23. The molecule has 1 aromatic carbocycles. The molecule has 0 saturated carbocycles. The van der Waals surface area contributed by atoms with Gasteiger partial charge in [0, 0.05) is 17.5 Å². The Labute approximate surface area is 129 Å². The molecule has 0 unspecified atom stereocenters. The summed E-state index contributed by atoms with van der Waals surface area (Å²) < 4.78 is 4.88. The maximum atomic E-state index is 12.1. The third kappa shape index (κ3) is 5.29. The van der Waals surface area contributed by atoms with Crippen LogP contribution in [0.4, 0.5) is 0 Å². The molecular formula is C16H18N2O4. The molecule has 0 fully saturated rings. The van der Waals surface area contributed by atoms with Crippen LogP contribution in [0.1, 0.15) is 35.7 Å². The summed E-state index contributed by atoms with van der Waals surface area (Å²) in [4.78, 5) is 34.8. The first-order chi connectivity index (χ1) is 10.5. The van der Waals surface area contributed by atoms with E-state index in [2.05, 4.69) is 11.2 Å². The maximum Gasteiger partial charge on any atom is 0.328 e. The van der Waals surface area contributed by atoms with Gasteiger partial charge in [0.2, 0.25) is 5.91 Å². The molecule has 6 heteroatoms. The number of primary amides is 1. The Kier molecular flexibility index (Phi) is 6.64. The van der Waals surface area contributed by atoms with Gasteiger partial charge in [0.05, 0.1) is 6.61 Å². The average Bonchev–Trinajstić information content (AvgIpc) is 2.51. The SMILES string of the molecule is C#Cc1ccc(C(=O)N[C@@H](CCC(N)=O)C(=O)OCC)cc1. The third-order valence-corrected chi connectivity index (χ3v) is 2.87. The third-order valence-electron chi connectivity index (χ3n) is 2.87. The van der Waals surface area contributed by atoms with Gasteiger partial charge in [-0.3, -0.25) is 9.59 Å². The van der Waals surface area contributed by atoms with E-state index in [1.165, 1.54) is 0 Å². The summed E-state index contributed by atoms with van der Waals surface area (Å²) in [6.07, 6.45) is 5.30. The standard InChI is InChI=1S/C16H18N2O4/c1-3-11-5-7-12(8-6-11)15(20)18-13(9-10-14(17)19)16(21)22-4-2/h1,5-8,13H,4,9-10H2,2H3,(H2,17,19)(H,18,20)/t13-/m0/s1. The van der Waals surface area contributed by atoms with E-state index < -0.39 is 23.8 Å². The lowest BCUT2D eigenvalue weighted by Gasteiger charge is -2.16. The second-order valence-corrected chi connectivity index (χ2v) is 4.50. The van der Waals surface area contributed by atoms with Crippen molar-refractivity contribution in [2.75, 3.05) is 6.61 Å². The lowest BCUT2D eigenvalue weighted by Crippen LogP contribution is -2.42. The summed E-state index contributed by atoms with van der Waals surface area (Å²) in [5.74, 6) is 0.838. The highest BCUT2D eigenvalue weighted by Crippen LogP contribution is 2.06. The Bertz CT molecular complexity index is 587. The van der Waals surface area contributed by atoms with Gasteiger partial charge in [-0.05, 0) is 37.6 Å². The molecule has 22 heavy (non-hydrogen) atoms. The van der Waals surface area contributed by atoms with Gasteiger partial charge in [-0.2, -0.15) is 0 Å². The van der Waals surface area contributed by atoms with Gasteiger partial charge >= 0.3 is 5.97 Å². The molecule has 0 bridgehead atoms. The van der Waals surface area contributed by atoms with Crippen molar-refractivity contribution in [2.24, 2.45) is 5.73 Å². The number of carbonyl (C=O) groups is 3. The van der Waals surface area contributed by atoms with Crippen molar-refractivity contribution in [1.29, 1.82) is 0 Å². The van der Waals surface area contributed by atoms with Crippen LogP contribution in [-0.4, -0.2) is 30.4 Å². The monoisotopic (exact) mass is 302 g/mol. The van der Waals surface area contributed by atoms with Crippen molar-refractivity contribution in [1.82, 2.24) is 5.32 Å². The van der Waals surface area contributed by atoms with Gasteiger partial charge in [-0.15, -0.1) is 6.42 Å². The molecule has 2 amide bonds. The predicted molar refractivity (Wildman–Crippen MR) is 80.7 cm³/mol. The summed E-state index contributed by atoms with van der Waals surface area (Å²) in [6.45, 7) is 1.84. The minimum atomic E-state index is -0.924. The first-order valence-electron chi connectivity index (χ1n) is 6.80. The van der Waals surface area contributed by atoms with E-state index in [1.54, 1.807) is 31.2 Å². The molecule has 0 spiro atoms. The number of ether oxygens (including phenoxy) is 1. The molecule has 0 heterocycles. The number of benzene rings is 1. The Morgan fingerprint density at radius 2 is 1.95 bits per heavy atom. The number of rotatable bonds is 7. The van der Waals surface area contributed by atoms with Crippen LogP contribution in [0.25, 0.3) is 0 Å². The molecule has 0 radical (unpaired) electrons. The molecule has 0 saturated heterocycles. The summed E-state index contributed by atoms with van der Waals surface area (Å²) in [5, 5.41) is 2.54. The van der Waals surface area contributed by atoms with Crippen molar-refractivity contribution >= 4 is 17.8 Å². The summed E-state index contributed by atoms with van der Waals surface area (Å²) >= 11 is 0. The fourth-order valence-electron chi connectivity index (χ4n) is 1.74. The first kappa shape index (κ1) is 17.2. The molecule has 116 valence electrons. The number of amides is 2. The van der Waals surface area contributed by atoms with Crippen LogP contribution < -0.4 is 11.1 Å². The predicted octanol–water partition coefficient (Wildman–Crippen LogP) is 0.595. The molecule has 1 rings (SSSR count). The quantitative estimate of drug-likeness (QED) is 0.569. The van der Waals surface area contributed by atoms with E-state index in [0.29, 0.717) is 11.1 Å². The van der Waals surface area contributed by atoms with E-state index in [4.69, 9.17) is 16.9 Å². The van der Waals surface area contributed by atoms with Crippen LogP contribution in [0.2, 0.25) is 0 Å². The second-order valence-electron chi connectivity index (χ2n) is 4.50. The van der Waals surface area contributed by atoms with Gasteiger partial charge in [0.1, 0.15) is 6.04 Å². The Balaban J connectivity index is 2.77. The lowest BCUT2D eigenvalue weighted by atomic mass is 10.1. The van der Waals surface area contributed by atoms with Gasteiger partial charge in [0.25, 0.3) is 5.91 Å². The number of nitrogens with one attached hydrogen (secondary N) is 1. The number of terminal acetylenes is 1. The van der Waals surface area contributed by atoms with Gasteiger partial charge in [-0.25, -0.2) is 4.79 Å². The zero-order chi connectivity index (χ0) is 16.5. The lowest BCUT2D eigenvalue weighted by molar-refractivity contribution is -0.145. The van der Waals surface area contributed by atoms with E-state index in [-0.39, 0.29) is 19.4 Å². The van der Waals surface area contributed by atoms with Crippen LogP contribution >= 0.6 is 0 Å². The number of hydrogen-bond donors (Lipinski definition) is 2. The van der Waals surface area contributed by atoms with Crippen LogP contribution in [0, 0.1) is 12.3 Å². The van der Waals surface area contributed by atoms with E-state index in [9.17, 15) is 14.4 Å². The van der Waals surface area contributed by atoms with Crippen LogP contribution in [-0.2, 0) is 14.3 Å². The Morgan fingerprint density at radius 1 is 1.32 bits per heavy atom. The molecule has 1 aromatic rings. The molecule has 1 atom stereocenters. The number of esters is 1. The Morgan fingerprint density at radius 3 is 2.45 bits per heavy atom. The summed E-state index contributed by atoms with van der Waals surface area (Å²) in [7, 11) is 0. The zero-order valence-electron chi connectivity index (χ0n) is 12.3. The van der Waals surface area contributed by atoms with E-state index in [1.807, 2.05) is 0 Å². The average molecular weight is 302 g/mol. The largest absolute Gasteiger partial charge is 0.464 e. The topological polar surface area (TPSA) is 98.5 Å². The zero-order valence-corrected chi connectivity index (χ0v) is 12.3. The molecule has 0 aromatic heterocycles. The molecule has 0 aliphatic rings. The van der Waals surface area contributed by atoms with Gasteiger partial charge in [-0.1, -0.05) is 5.92 Å². The normalized spacial score (nSPS) is 11.1. The van der Waals surface area contributed by atoms with Crippen molar-refractivity contribution in [2.45, 2.75) is 25.8 Å². The minimum absolute atomic E-state index is 0.0280. The summed E-state index contributed by atoms with van der Waals surface area (Å²) in [5.41, 5.74) is 6.07. The molecule has 6 nitrogen and oxygen atoms in total. The number of carbonyl (C=O) groups excluding carboxylic acids is 3. The number of nitrogens with two attached hydrogens (primary N) is 1. The number of hydrogen-bond acceptors (Lipinski definition) is 4. The van der Waals surface area contributed by atoms with Crippen LogP contribution in [0.5, 0.6) is 0 Å². The Hall–Kier alpha value is -2.81. The van der Waals surface area contributed by atoms with E-state index in [0.717, 1.165) is 0 Å². The highest BCUT2D eigenvalue weighted by atomic mass is 16.5. The molecule has 0 aliphatic heterocycles. The molecule has 0 aliphatic carbocycles. The van der Waals surface area contributed by atoms with Crippen molar-refractivity contribution < 1.29 is 19.1 Å². The van der Waals surface area contributed by atoms with Crippen LogP contribution in [0.3, 0.4) is 0 Å². The van der Waals surface area contributed by atoms with Crippen molar-refractivity contribution in [3.8, 4) is 12.3 Å². The van der Waals surface area contributed by atoms with E-state index >= 15 is 0 Å².